The first-order valence-electron chi connectivity index (χ1n) is 6.51. The second kappa shape index (κ2) is 5.74. The predicted molar refractivity (Wildman–Crippen MR) is 80.4 cm³/mol. The highest BCUT2D eigenvalue weighted by molar-refractivity contribution is 5.95. The van der Waals surface area contributed by atoms with Gasteiger partial charge in [0.15, 0.2) is 0 Å². The van der Waals surface area contributed by atoms with Crippen LogP contribution in [0.25, 0.3) is 0 Å². The van der Waals surface area contributed by atoms with Gasteiger partial charge in [0.25, 0.3) is 5.91 Å². The molecule has 0 bridgehead atoms. The number of benzene rings is 1. The molecule has 20 heavy (non-hydrogen) atoms. The molecule has 0 fully saturated rings. The zero-order chi connectivity index (χ0) is 14.7. The van der Waals surface area contributed by atoms with Crippen LogP contribution in [0.4, 0.5) is 5.69 Å². The molecule has 0 aliphatic heterocycles. The Balaban J connectivity index is 2.16. The number of hydrogen-bond acceptors (Lipinski definition) is 3. The van der Waals surface area contributed by atoms with Gasteiger partial charge in [0, 0.05) is 24.0 Å². The van der Waals surface area contributed by atoms with Crippen LogP contribution in [0.15, 0.2) is 36.4 Å². The molecule has 4 heteroatoms. The molecule has 2 N–H and O–H groups in total. The van der Waals surface area contributed by atoms with Crippen molar-refractivity contribution in [2.75, 3.05) is 12.8 Å². The minimum Gasteiger partial charge on any atom is -0.399 e. The molecule has 0 spiro atoms. The maximum absolute atomic E-state index is 12.4. The van der Waals surface area contributed by atoms with Gasteiger partial charge in [-0.3, -0.25) is 9.78 Å². The van der Waals surface area contributed by atoms with E-state index in [0.717, 1.165) is 17.0 Å². The van der Waals surface area contributed by atoms with Gasteiger partial charge in [-0.2, -0.15) is 0 Å². The molecular weight excluding hydrogens is 250 g/mol. The van der Waals surface area contributed by atoms with E-state index in [4.69, 9.17) is 5.73 Å². The second-order valence-electron chi connectivity index (χ2n) is 5.01. The average molecular weight is 269 g/mol. The summed E-state index contributed by atoms with van der Waals surface area (Å²) in [4.78, 5) is 18.5. The first-order chi connectivity index (χ1) is 9.47. The molecule has 1 amide bonds. The molecule has 0 unspecified atom stereocenters. The molecule has 0 saturated heterocycles. The summed E-state index contributed by atoms with van der Waals surface area (Å²) in [5.41, 5.74) is 9.78. The van der Waals surface area contributed by atoms with Gasteiger partial charge in [-0.25, -0.2) is 0 Å². The third-order valence-corrected chi connectivity index (χ3v) is 3.17. The lowest BCUT2D eigenvalue weighted by Gasteiger charge is -2.18. The average Bonchev–Trinajstić information content (AvgIpc) is 2.38. The normalized spacial score (nSPS) is 10.3. The maximum Gasteiger partial charge on any atom is 0.254 e. The van der Waals surface area contributed by atoms with Crippen LogP contribution in [0.1, 0.15) is 27.3 Å². The van der Waals surface area contributed by atoms with Crippen molar-refractivity contribution in [3.05, 3.63) is 58.9 Å². The molecule has 0 aliphatic carbocycles. The highest BCUT2D eigenvalue weighted by atomic mass is 16.2. The number of aromatic nitrogens is 1. The van der Waals surface area contributed by atoms with Crippen molar-refractivity contribution in [3.8, 4) is 0 Å². The molecule has 0 radical (unpaired) electrons. The molecule has 1 aromatic heterocycles. The fourth-order valence-electron chi connectivity index (χ4n) is 2.13. The Labute approximate surface area is 119 Å². The van der Waals surface area contributed by atoms with E-state index >= 15 is 0 Å². The predicted octanol–water partition coefficient (Wildman–Crippen LogP) is 2.55. The van der Waals surface area contributed by atoms with Gasteiger partial charge < -0.3 is 10.6 Å². The standard InChI is InChI=1S/C16H19N3O/c1-11-9-13(17)7-8-15(11)16(20)19(3)10-14-6-4-5-12(2)18-14/h4-9H,10,17H2,1-3H3. The van der Waals surface area contributed by atoms with Crippen LogP contribution in [0.3, 0.4) is 0 Å². The van der Waals surface area contributed by atoms with Crippen LogP contribution in [-0.4, -0.2) is 22.8 Å². The van der Waals surface area contributed by atoms with Crippen molar-refractivity contribution in [2.45, 2.75) is 20.4 Å². The van der Waals surface area contributed by atoms with Crippen molar-refractivity contribution >= 4 is 11.6 Å². The second-order valence-corrected chi connectivity index (χ2v) is 5.01. The summed E-state index contributed by atoms with van der Waals surface area (Å²) in [5.74, 6) is -0.0224. The van der Waals surface area contributed by atoms with E-state index in [1.807, 2.05) is 38.1 Å². The van der Waals surface area contributed by atoms with E-state index in [-0.39, 0.29) is 5.91 Å². The van der Waals surface area contributed by atoms with Crippen molar-refractivity contribution in [1.29, 1.82) is 0 Å². The van der Waals surface area contributed by atoms with E-state index < -0.39 is 0 Å². The van der Waals surface area contributed by atoms with E-state index in [0.29, 0.717) is 17.8 Å². The van der Waals surface area contributed by atoms with E-state index in [1.165, 1.54) is 0 Å². The van der Waals surface area contributed by atoms with E-state index in [2.05, 4.69) is 4.98 Å². The van der Waals surface area contributed by atoms with Gasteiger partial charge in [-0.05, 0) is 49.7 Å². The number of hydrogen-bond donors (Lipinski definition) is 1. The Kier molecular flexibility index (Phi) is 4.03. The Bertz CT molecular complexity index is 637. The molecular formula is C16H19N3O. The third-order valence-electron chi connectivity index (χ3n) is 3.17. The van der Waals surface area contributed by atoms with Crippen LogP contribution in [0, 0.1) is 13.8 Å². The highest BCUT2D eigenvalue weighted by Crippen LogP contribution is 2.15. The van der Waals surface area contributed by atoms with Crippen LogP contribution in [0.5, 0.6) is 0 Å². The molecule has 104 valence electrons. The van der Waals surface area contributed by atoms with Crippen molar-refractivity contribution < 1.29 is 4.79 Å². The quantitative estimate of drug-likeness (QED) is 0.871. The summed E-state index contributed by atoms with van der Waals surface area (Å²) in [5, 5.41) is 0. The van der Waals surface area contributed by atoms with Crippen LogP contribution < -0.4 is 5.73 Å². The smallest absolute Gasteiger partial charge is 0.254 e. The Morgan fingerprint density at radius 3 is 2.65 bits per heavy atom. The number of carbonyl (C=O) groups is 1. The minimum absolute atomic E-state index is 0.0224. The summed E-state index contributed by atoms with van der Waals surface area (Å²) >= 11 is 0. The maximum atomic E-state index is 12.4. The van der Waals surface area contributed by atoms with Gasteiger partial charge in [0.05, 0.1) is 12.2 Å². The molecule has 1 aromatic carbocycles. The highest BCUT2D eigenvalue weighted by Gasteiger charge is 2.14. The lowest BCUT2D eigenvalue weighted by molar-refractivity contribution is 0.0782. The summed E-state index contributed by atoms with van der Waals surface area (Å²) in [6.45, 7) is 4.32. The molecule has 0 atom stereocenters. The number of aryl methyl sites for hydroxylation is 2. The van der Waals surface area contributed by atoms with Crippen LogP contribution in [0.2, 0.25) is 0 Å². The lowest BCUT2D eigenvalue weighted by Crippen LogP contribution is -2.27. The van der Waals surface area contributed by atoms with Gasteiger partial charge >= 0.3 is 0 Å². The first-order valence-corrected chi connectivity index (χ1v) is 6.51. The molecule has 2 aromatic rings. The molecule has 0 saturated carbocycles. The number of nitrogens with two attached hydrogens (primary N) is 1. The van der Waals surface area contributed by atoms with Crippen molar-refractivity contribution in [2.24, 2.45) is 0 Å². The number of pyridine rings is 1. The molecule has 0 aliphatic rings. The Hall–Kier alpha value is -2.36. The summed E-state index contributed by atoms with van der Waals surface area (Å²) in [6.07, 6.45) is 0. The Morgan fingerprint density at radius 1 is 1.25 bits per heavy atom. The number of carbonyl (C=O) groups excluding carboxylic acids is 1. The van der Waals surface area contributed by atoms with Crippen LogP contribution >= 0.6 is 0 Å². The van der Waals surface area contributed by atoms with E-state index in [9.17, 15) is 4.79 Å². The fraction of sp³-hybridized carbons (Fsp3) is 0.250. The molecule has 4 nitrogen and oxygen atoms in total. The largest absolute Gasteiger partial charge is 0.399 e. The summed E-state index contributed by atoms with van der Waals surface area (Å²) < 4.78 is 0. The molecule has 1 heterocycles. The number of anilines is 1. The van der Waals surface area contributed by atoms with Crippen molar-refractivity contribution in [1.82, 2.24) is 9.88 Å². The van der Waals surface area contributed by atoms with E-state index in [1.54, 1.807) is 24.1 Å². The summed E-state index contributed by atoms with van der Waals surface area (Å²) in [6, 6.07) is 11.1. The lowest BCUT2D eigenvalue weighted by atomic mass is 10.1. The monoisotopic (exact) mass is 269 g/mol. The minimum atomic E-state index is -0.0224. The number of rotatable bonds is 3. The number of amides is 1. The summed E-state index contributed by atoms with van der Waals surface area (Å²) in [7, 11) is 1.78. The first kappa shape index (κ1) is 14.1. The van der Waals surface area contributed by atoms with Crippen LogP contribution in [-0.2, 0) is 6.54 Å². The zero-order valence-corrected chi connectivity index (χ0v) is 12.1. The van der Waals surface area contributed by atoms with Gasteiger partial charge in [-0.1, -0.05) is 6.07 Å². The molecule has 2 rings (SSSR count). The fourth-order valence-corrected chi connectivity index (χ4v) is 2.13. The van der Waals surface area contributed by atoms with Gasteiger partial charge in [-0.15, -0.1) is 0 Å². The van der Waals surface area contributed by atoms with Crippen molar-refractivity contribution in [3.63, 3.8) is 0 Å². The zero-order valence-electron chi connectivity index (χ0n) is 12.1. The Morgan fingerprint density at radius 2 is 2.00 bits per heavy atom. The number of nitrogens with zero attached hydrogens (tertiary/aromatic N) is 2. The topological polar surface area (TPSA) is 59.2 Å². The SMILES string of the molecule is Cc1cccc(CN(C)C(=O)c2ccc(N)cc2C)n1. The third kappa shape index (κ3) is 3.15. The van der Waals surface area contributed by atoms with Gasteiger partial charge in [0.2, 0.25) is 0 Å². The van der Waals surface area contributed by atoms with Gasteiger partial charge in [0.1, 0.15) is 0 Å². The number of nitrogen functional groups attached to an aromatic ring is 1.